The van der Waals surface area contributed by atoms with Crippen molar-refractivity contribution in [1.29, 1.82) is 0 Å². The molecule has 1 saturated heterocycles. The molecular weight excluding hydrogens is 376 g/mol. The predicted octanol–water partition coefficient (Wildman–Crippen LogP) is 4.46. The van der Waals surface area contributed by atoms with E-state index in [0.717, 1.165) is 60.8 Å². The van der Waals surface area contributed by atoms with E-state index in [1.165, 1.54) is 5.56 Å². The first-order valence-corrected chi connectivity index (χ1v) is 10.5. The molecule has 154 valence electrons. The molecular formula is C24H26N4O2. The number of likely N-dealkylation sites (tertiary alicyclic amines) is 1. The second-order valence-corrected chi connectivity index (χ2v) is 7.94. The number of para-hydroxylation sites is 2. The average molecular weight is 402 g/mol. The van der Waals surface area contributed by atoms with Crippen LogP contribution in [0, 0.1) is 0 Å². The lowest BCUT2D eigenvalue weighted by atomic mass is 9.97. The third-order valence-corrected chi connectivity index (χ3v) is 5.81. The third kappa shape index (κ3) is 3.96. The zero-order valence-electron chi connectivity index (χ0n) is 17.2. The summed E-state index contributed by atoms with van der Waals surface area (Å²) < 4.78 is 13.5. The number of fused-ring (bicyclic) bond motifs is 1. The van der Waals surface area contributed by atoms with Gasteiger partial charge in [0.05, 0.1) is 13.7 Å². The molecule has 2 aromatic heterocycles. The van der Waals surface area contributed by atoms with Gasteiger partial charge in [0.2, 0.25) is 0 Å². The Labute approximate surface area is 176 Å². The smallest absolute Gasteiger partial charge is 0.199 e. The van der Waals surface area contributed by atoms with Crippen LogP contribution >= 0.6 is 0 Å². The van der Waals surface area contributed by atoms with E-state index in [1.807, 2.05) is 41.2 Å². The summed E-state index contributed by atoms with van der Waals surface area (Å²) in [6.45, 7) is 3.67. The van der Waals surface area contributed by atoms with Gasteiger partial charge in [-0.25, -0.2) is 4.98 Å². The molecule has 0 radical (unpaired) electrons. The molecule has 5 rings (SSSR count). The standard InChI is InChI=1S/C24H26N4O2/c1-29-22-10-9-18(14-20(22)17-28-13-5-11-25-28)15-27-12-4-6-19(16-27)24-26-21-7-2-3-8-23(21)30-24/h2-3,5,7-11,13-14,19H,4,6,12,15-17H2,1H3. The fourth-order valence-electron chi connectivity index (χ4n) is 4.35. The number of ether oxygens (including phenoxy) is 1. The van der Waals surface area contributed by atoms with Crippen LogP contribution in [0.15, 0.2) is 65.3 Å². The maximum absolute atomic E-state index is 6.05. The van der Waals surface area contributed by atoms with E-state index in [-0.39, 0.29) is 0 Å². The number of hydrogen-bond acceptors (Lipinski definition) is 5. The molecule has 1 aliphatic heterocycles. The Kier molecular flexibility index (Phi) is 5.24. The van der Waals surface area contributed by atoms with Crippen LogP contribution in [0.2, 0.25) is 0 Å². The van der Waals surface area contributed by atoms with Crippen LogP contribution < -0.4 is 4.74 Å². The fourth-order valence-corrected chi connectivity index (χ4v) is 4.35. The Balaban J connectivity index is 1.31. The molecule has 0 spiro atoms. The van der Waals surface area contributed by atoms with Crippen molar-refractivity contribution in [2.45, 2.75) is 31.8 Å². The number of nitrogens with zero attached hydrogens (tertiary/aromatic N) is 4. The largest absolute Gasteiger partial charge is 0.496 e. The lowest BCUT2D eigenvalue weighted by molar-refractivity contribution is 0.187. The molecule has 6 nitrogen and oxygen atoms in total. The fraction of sp³-hybridized carbons (Fsp3) is 0.333. The number of rotatable bonds is 6. The summed E-state index contributed by atoms with van der Waals surface area (Å²) in [5, 5.41) is 4.33. The van der Waals surface area contributed by atoms with E-state index < -0.39 is 0 Å². The van der Waals surface area contributed by atoms with Crippen molar-refractivity contribution in [2.24, 2.45) is 0 Å². The van der Waals surface area contributed by atoms with Crippen LogP contribution in [0.1, 0.15) is 35.8 Å². The van der Waals surface area contributed by atoms with Crippen LogP contribution in [0.4, 0.5) is 0 Å². The monoisotopic (exact) mass is 402 g/mol. The average Bonchev–Trinajstić information content (AvgIpc) is 3.44. The summed E-state index contributed by atoms with van der Waals surface area (Å²) in [6.07, 6.45) is 6.05. The molecule has 2 aromatic carbocycles. The van der Waals surface area contributed by atoms with Gasteiger partial charge in [-0.2, -0.15) is 5.10 Å². The minimum Gasteiger partial charge on any atom is -0.496 e. The molecule has 0 saturated carbocycles. The first-order valence-electron chi connectivity index (χ1n) is 10.5. The molecule has 0 amide bonds. The van der Waals surface area contributed by atoms with Gasteiger partial charge in [-0.1, -0.05) is 18.2 Å². The van der Waals surface area contributed by atoms with Crippen molar-refractivity contribution >= 4 is 11.1 Å². The quantitative estimate of drug-likeness (QED) is 0.477. The maximum Gasteiger partial charge on any atom is 0.199 e. The number of benzene rings is 2. The van der Waals surface area contributed by atoms with Crippen LogP contribution in [-0.4, -0.2) is 39.9 Å². The van der Waals surface area contributed by atoms with Crippen LogP contribution in [0.3, 0.4) is 0 Å². The van der Waals surface area contributed by atoms with E-state index in [2.05, 4.69) is 28.2 Å². The van der Waals surface area contributed by atoms with Crippen molar-refractivity contribution in [3.63, 3.8) is 0 Å². The summed E-state index contributed by atoms with van der Waals surface area (Å²) in [5.74, 6) is 2.11. The highest BCUT2D eigenvalue weighted by Gasteiger charge is 2.25. The third-order valence-electron chi connectivity index (χ3n) is 5.81. The van der Waals surface area contributed by atoms with Gasteiger partial charge in [-0.15, -0.1) is 0 Å². The van der Waals surface area contributed by atoms with Crippen LogP contribution in [0.25, 0.3) is 11.1 Å². The Morgan fingerprint density at radius 3 is 2.90 bits per heavy atom. The molecule has 1 aliphatic rings. The van der Waals surface area contributed by atoms with Gasteiger partial charge in [0.15, 0.2) is 11.5 Å². The van der Waals surface area contributed by atoms with E-state index >= 15 is 0 Å². The number of aromatic nitrogens is 3. The van der Waals surface area contributed by atoms with E-state index in [9.17, 15) is 0 Å². The van der Waals surface area contributed by atoms with Crippen molar-refractivity contribution in [1.82, 2.24) is 19.7 Å². The summed E-state index contributed by atoms with van der Waals surface area (Å²) in [4.78, 5) is 7.24. The molecule has 3 heterocycles. The predicted molar refractivity (Wildman–Crippen MR) is 116 cm³/mol. The normalized spacial score (nSPS) is 17.4. The summed E-state index contributed by atoms with van der Waals surface area (Å²) in [6, 6.07) is 16.4. The van der Waals surface area contributed by atoms with E-state index in [0.29, 0.717) is 12.5 Å². The van der Waals surface area contributed by atoms with Gasteiger partial charge >= 0.3 is 0 Å². The molecule has 1 unspecified atom stereocenters. The lowest BCUT2D eigenvalue weighted by Gasteiger charge is -2.31. The second kappa shape index (κ2) is 8.32. The topological polar surface area (TPSA) is 56.3 Å². The first kappa shape index (κ1) is 18.9. The van der Waals surface area contributed by atoms with Crippen LogP contribution in [-0.2, 0) is 13.1 Å². The number of hydrogen-bond donors (Lipinski definition) is 0. The van der Waals surface area contributed by atoms with Gasteiger partial charge < -0.3 is 9.15 Å². The van der Waals surface area contributed by atoms with Gasteiger partial charge in [0.1, 0.15) is 11.3 Å². The second-order valence-electron chi connectivity index (χ2n) is 7.94. The Morgan fingerprint density at radius 1 is 1.13 bits per heavy atom. The summed E-state index contributed by atoms with van der Waals surface area (Å²) >= 11 is 0. The van der Waals surface area contributed by atoms with Gasteiger partial charge in [-0.05, 0) is 55.3 Å². The summed E-state index contributed by atoms with van der Waals surface area (Å²) in [7, 11) is 1.72. The minimum absolute atomic E-state index is 0.341. The van der Waals surface area contributed by atoms with Gasteiger partial charge in [0, 0.05) is 37.0 Å². The zero-order chi connectivity index (χ0) is 20.3. The first-order chi connectivity index (χ1) is 14.8. The lowest BCUT2D eigenvalue weighted by Crippen LogP contribution is -2.34. The zero-order valence-corrected chi connectivity index (χ0v) is 17.2. The van der Waals surface area contributed by atoms with Crippen molar-refractivity contribution < 1.29 is 9.15 Å². The molecule has 0 N–H and O–H groups in total. The Bertz CT molecular complexity index is 1090. The van der Waals surface area contributed by atoms with E-state index in [1.54, 1.807) is 13.3 Å². The van der Waals surface area contributed by atoms with E-state index in [4.69, 9.17) is 14.1 Å². The molecule has 30 heavy (non-hydrogen) atoms. The highest BCUT2D eigenvalue weighted by Crippen LogP contribution is 2.30. The summed E-state index contributed by atoms with van der Waals surface area (Å²) in [5.41, 5.74) is 4.26. The van der Waals surface area contributed by atoms with Crippen molar-refractivity contribution in [3.8, 4) is 5.75 Å². The number of piperidine rings is 1. The highest BCUT2D eigenvalue weighted by atomic mass is 16.5. The molecule has 1 atom stereocenters. The Morgan fingerprint density at radius 2 is 2.07 bits per heavy atom. The Hall–Kier alpha value is -3.12. The molecule has 0 bridgehead atoms. The van der Waals surface area contributed by atoms with Gasteiger partial charge in [0.25, 0.3) is 0 Å². The molecule has 4 aromatic rings. The SMILES string of the molecule is COc1ccc(CN2CCCC(c3nc4ccccc4o3)C2)cc1Cn1cccn1. The molecule has 1 fully saturated rings. The van der Waals surface area contributed by atoms with Crippen molar-refractivity contribution in [2.75, 3.05) is 20.2 Å². The number of methoxy groups -OCH3 is 1. The molecule has 6 heteroatoms. The van der Waals surface area contributed by atoms with Crippen molar-refractivity contribution in [3.05, 3.63) is 77.9 Å². The minimum atomic E-state index is 0.341. The highest BCUT2D eigenvalue weighted by molar-refractivity contribution is 5.72. The maximum atomic E-state index is 6.05. The number of oxazole rings is 1. The van der Waals surface area contributed by atoms with Gasteiger partial charge in [-0.3, -0.25) is 9.58 Å². The molecule has 0 aliphatic carbocycles. The van der Waals surface area contributed by atoms with Crippen LogP contribution in [0.5, 0.6) is 5.75 Å².